The van der Waals surface area contributed by atoms with E-state index in [1.54, 1.807) is 18.4 Å². The molecule has 0 spiro atoms. The van der Waals surface area contributed by atoms with E-state index in [0.717, 1.165) is 30.2 Å². The van der Waals surface area contributed by atoms with Crippen molar-refractivity contribution in [2.75, 3.05) is 7.11 Å². The quantitative estimate of drug-likeness (QED) is 0.756. The van der Waals surface area contributed by atoms with Crippen LogP contribution in [0, 0.1) is 0 Å². The Morgan fingerprint density at radius 1 is 1.35 bits per heavy atom. The van der Waals surface area contributed by atoms with Gasteiger partial charge in [0.15, 0.2) is 0 Å². The molecule has 20 heavy (non-hydrogen) atoms. The van der Waals surface area contributed by atoms with Crippen LogP contribution >= 0.6 is 43.2 Å². The highest BCUT2D eigenvalue weighted by Crippen LogP contribution is 2.45. The van der Waals surface area contributed by atoms with Crippen molar-refractivity contribution >= 4 is 43.2 Å². The fourth-order valence-corrected chi connectivity index (χ4v) is 4.38. The highest BCUT2D eigenvalue weighted by atomic mass is 79.9. The number of aliphatic hydroxyl groups excluding tert-OH is 1. The zero-order valence-corrected chi connectivity index (χ0v) is 14.6. The molecule has 0 amide bonds. The zero-order valence-electron chi connectivity index (χ0n) is 10.6. The van der Waals surface area contributed by atoms with Crippen LogP contribution < -0.4 is 9.47 Å². The molecule has 106 valence electrons. The summed E-state index contributed by atoms with van der Waals surface area (Å²) >= 11 is 8.58. The van der Waals surface area contributed by atoms with Gasteiger partial charge in [0.2, 0.25) is 0 Å². The van der Waals surface area contributed by atoms with Gasteiger partial charge in [0, 0.05) is 21.3 Å². The van der Waals surface area contributed by atoms with Crippen LogP contribution in [0.25, 0.3) is 0 Å². The molecular formula is C14H12Br2O3S. The minimum atomic E-state index is -0.543. The number of hydrogen-bond donors (Lipinski definition) is 1. The third-order valence-electron chi connectivity index (χ3n) is 3.26. The maximum Gasteiger partial charge on any atom is 0.136 e. The van der Waals surface area contributed by atoms with Gasteiger partial charge in [0.05, 0.1) is 17.0 Å². The molecule has 0 fully saturated rings. The molecule has 2 atom stereocenters. The van der Waals surface area contributed by atoms with Crippen molar-refractivity contribution in [3.8, 4) is 11.5 Å². The molecule has 0 bridgehead atoms. The Labute approximate surface area is 137 Å². The van der Waals surface area contributed by atoms with Crippen LogP contribution in [0.5, 0.6) is 11.5 Å². The Bertz CT molecular complexity index is 622. The average molecular weight is 420 g/mol. The lowest BCUT2D eigenvalue weighted by Crippen LogP contribution is -2.18. The summed E-state index contributed by atoms with van der Waals surface area (Å²) in [5.74, 6) is 1.45. The lowest BCUT2D eigenvalue weighted by Gasteiger charge is -2.29. The van der Waals surface area contributed by atoms with Crippen molar-refractivity contribution in [1.29, 1.82) is 0 Å². The molecule has 2 aromatic rings. The van der Waals surface area contributed by atoms with E-state index in [1.807, 2.05) is 24.3 Å². The Morgan fingerprint density at radius 2 is 2.15 bits per heavy atom. The van der Waals surface area contributed by atoms with Crippen molar-refractivity contribution in [2.45, 2.75) is 18.6 Å². The summed E-state index contributed by atoms with van der Waals surface area (Å²) in [6.07, 6.45) is -0.128. The minimum absolute atomic E-state index is 0.126. The van der Waals surface area contributed by atoms with Gasteiger partial charge in [-0.05, 0) is 56.1 Å². The van der Waals surface area contributed by atoms with E-state index < -0.39 is 6.10 Å². The molecule has 1 aromatic carbocycles. The van der Waals surface area contributed by atoms with E-state index in [0.29, 0.717) is 6.42 Å². The number of aliphatic hydroxyl groups is 1. The molecule has 0 saturated heterocycles. The summed E-state index contributed by atoms with van der Waals surface area (Å²) in [6.45, 7) is 0. The van der Waals surface area contributed by atoms with E-state index in [4.69, 9.17) is 9.47 Å². The van der Waals surface area contributed by atoms with Gasteiger partial charge in [-0.1, -0.05) is 0 Å². The Hall–Kier alpha value is -0.560. The maximum atomic E-state index is 10.3. The van der Waals surface area contributed by atoms with E-state index in [9.17, 15) is 5.11 Å². The number of halogens is 2. The highest BCUT2D eigenvalue weighted by molar-refractivity contribution is 9.13. The topological polar surface area (TPSA) is 38.7 Å². The zero-order chi connectivity index (χ0) is 14.3. The standard InChI is InChI=1S/C14H12Br2O3S/c1-18-7-2-3-11-8(4-7)10(17)6-12(19-11)13-5-9(15)14(16)20-13/h2-5,10,12,17H,6H2,1H3/t10-,12?/m1/s1. The summed E-state index contributed by atoms with van der Waals surface area (Å²) in [5.41, 5.74) is 0.787. The van der Waals surface area contributed by atoms with Crippen LogP contribution in [0.2, 0.25) is 0 Å². The van der Waals surface area contributed by atoms with Gasteiger partial charge in [-0.25, -0.2) is 0 Å². The van der Waals surface area contributed by atoms with Gasteiger partial charge in [-0.3, -0.25) is 0 Å². The second-order valence-corrected chi connectivity index (χ2v) is 7.79. The molecule has 0 radical (unpaired) electrons. The van der Waals surface area contributed by atoms with Crippen molar-refractivity contribution in [1.82, 2.24) is 0 Å². The van der Waals surface area contributed by atoms with Gasteiger partial charge in [0.25, 0.3) is 0 Å². The summed E-state index contributed by atoms with van der Waals surface area (Å²) in [5, 5.41) is 10.3. The lowest BCUT2D eigenvalue weighted by atomic mass is 9.98. The summed E-state index contributed by atoms with van der Waals surface area (Å²) in [4.78, 5) is 1.09. The number of ether oxygens (including phenoxy) is 2. The third-order valence-corrected chi connectivity index (χ3v) is 6.61. The van der Waals surface area contributed by atoms with Gasteiger partial charge < -0.3 is 14.6 Å². The molecule has 1 aromatic heterocycles. The van der Waals surface area contributed by atoms with Crippen LogP contribution in [-0.4, -0.2) is 12.2 Å². The highest BCUT2D eigenvalue weighted by Gasteiger charge is 2.29. The molecule has 1 aliphatic rings. The molecule has 2 heterocycles. The molecule has 0 aliphatic carbocycles. The molecular weight excluding hydrogens is 408 g/mol. The molecule has 3 rings (SSSR count). The van der Waals surface area contributed by atoms with E-state index in [-0.39, 0.29) is 6.10 Å². The second-order valence-electron chi connectivity index (χ2n) is 4.53. The average Bonchev–Trinajstić information content (AvgIpc) is 2.78. The first kappa shape index (κ1) is 14.4. The predicted molar refractivity (Wildman–Crippen MR) is 85.7 cm³/mol. The van der Waals surface area contributed by atoms with Gasteiger partial charge >= 0.3 is 0 Å². The number of fused-ring (bicyclic) bond motifs is 1. The van der Waals surface area contributed by atoms with E-state index in [1.165, 1.54) is 0 Å². The summed E-state index contributed by atoms with van der Waals surface area (Å²) in [7, 11) is 1.61. The van der Waals surface area contributed by atoms with Crippen molar-refractivity contribution in [3.05, 3.63) is 43.0 Å². The number of benzene rings is 1. The monoisotopic (exact) mass is 418 g/mol. The molecule has 1 N–H and O–H groups in total. The van der Waals surface area contributed by atoms with Crippen molar-refractivity contribution in [2.24, 2.45) is 0 Å². The first-order valence-corrected chi connectivity index (χ1v) is 8.46. The van der Waals surface area contributed by atoms with Crippen LogP contribution in [0.15, 0.2) is 32.5 Å². The van der Waals surface area contributed by atoms with E-state index in [2.05, 4.69) is 31.9 Å². The largest absolute Gasteiger partial charge is 0.497 e. The second kappa shape index (κ2) is 5.67. The Morgan fingerprint density at radius 3 is 2.80 bits per heavy atom. The van der Waals surface area contributed by atoms with E-state index >= 15 is 0 Å². The van der Waals surface area contributed by atoms with Crippen LogP contribution in [-0.2, 0) is 0 Å². The van der Waals surface area contributed by atoms with Crippen molar-refractivity contribution < 1.29 is 14.6 Å². The molecule has 6 heteroatoms. The Balaban J connectivity index is 1.92. The van der Waals surface area contributed by atoms with Crippen molar-refractivity contribution in [3.63, 3.8) is 0 Å². The fourth-order valence-electron chi connectivity index (χ4n) is 2.25. The number of hydrogen-bond acceptors (Lipinski definition) is 4. The third kappa shape index (κ3) is 2.62. The minimum Gasteiger partial charge on any atom is -0.497 e. The Kier molecular flexibility index (Phi) is 4.08. The van der Waals surface area contributed by atoms with Gasteiger partial charge in [-0.15, -0.1) is 11.3 Å². The fraction of sp³-hybridized carbons (Fsp3) is 0.286. The molecule has 1 aliphatic heterocycles. The maximum absolute atomic E-state index is 10.3. The summed E-state index contributed by atoms with van der Waals surface area (Å²) in [6, 6.07) is 7.55. The van der Waals surface area contributed by atoms with Gasteiger partial charge in [0.1, 0.15) is 17.6 Å². The lowest BCUT2D eigenvalue weighted by molar-refractivity contribution is 0.0671. The first-order chi connectivity index (χ1) is 9.58. The SMILES string of the molecule is COc1ccc2c(c1)[C@H](O)CC(c1cc(Br)c(Br)s1)O2. The van der Waals surface area contributed by atoms with Crippen LogP contribution in [0.3, 0.4) is 0 Å². The molecule has 1 unspecified atom stereocenters. The van der Waals surface area contributed by atoms with Crippen LogP contribution in [0.4, 0.5) is 0 Å². The van der Waals surface area contributed by atoms with Gasteiger partial charge in [-0.2, -0.15) is 0 Å². The first-order valence-electron chi connectivity index (χ1n) is 6.06. The van der Waals surface area contributed by atoms with Crippen LogP contribution in [0.1, 0.15) is 29.1 Å². The number of rotatable bonds is 2. The predicted octanol–water partition coefficient (Wildman–Crippen LogP) is 4.84. The normalized spacial score (nSPS) is 21.2. The molecule has 0 saturated carbocycles. The molecule has 3 nitrogen and oxygen atoms in total. The summed E-state index contributed by atoms with van der Waals surface area (Å²) < 4.78 is 13.2. The number of methoxy groups -OCH3 is 1. The smallest absolute Gasteiger partial charge is 0.136 e. The number of thiophene rings is 1.